The molecular weight excluding hydrogens is 302 g/mol. The van der Waals surface area contributed by atoms with Crippen LogP contribution in [0.15, 0.2) is 41.3 Å². The Morgan fingerprint density at radius 1 is 1.26 bits per heavy atom. The van der Waals surface area contributed by atoms with Crippen molar-refractivity contribution >= 4 is 38.6 Å². The van der Waals surface area contributed by atoms with Crippen LogP contribution in [0, 0.1) is 6.92 Å². The van der Waals surface area contributed by atoms with Crippen LogP contribution >= 0.6 is 22.9 Å². The largest absolute Gasteiger partial charge is 0.269 e. The molecule has 19 heavy (non-hydrogen) atoms. The fourth-order valence-electron chi connectivity index (χ4n) is 1.77. The zero-order valence-electron chi connectivity index (χ0n) is 10.6. The topological polar surface area (TPSA) is 37.4 Å². The van der Waals surface area contributed by atoms with Crippen molar-refractivity contribution in [2.45, 2.75) is 17.7 Å². The van der Waals surface area contributed by atoms with E-state index in [1.807, 2.05) is 18.2 Å². The Bertz CT molecular complexity index is 665. The lowest BCUT2D eigenvalue weighted by atomic mass is 10.3. The molecule has 0 spiro atoms. The van der Waals surface area contributed by atoms with Gasteiger partial charge in [-0.15, -0.1) is 22.9 Å². The number of rotatable bonds is 4. The number of anilines is 1. The van der Waals surface area contributed by atoms with Crippen LogP contribution in [0.4, 0.5) is 5.69 Å². The Labute approximate surface area is 122 Å². The van der Waals surface area contributed by atoms with Crippen LogP contribution in [-0.2, 0) is 15.9 Å². The predicted molar refractivity (Wildman–Crippen MR) is 80.6 cm³/mol. The summed E-state index contributed by atoms with van der Waals surface area (Å²) in [6, 6.07) is 10.7. The number of halogens is 1. The third kappa shape index (κ3) is 2.78. The number of alkyl halides is 1. The molecule has 102 valence electrons. The monoisotopic (exact) mass is 315 g/mol. The van der Waals surface area contributed by atoms with E-state index in [2.05, 4.69) is 0 Å². The van der Waals surface area contributed by atoms with Crippen LogP contribution < -0.4 is 4.31 Å². The molecule has 0 unspecified atom stereocenters. The average molecular weight is 316 g/mol. The highest BCUT2D eigenvalue weighted by molar-refractivity contribution is 7.93. The lowest BCUT2D eigenvalue weighted by Crippen LogP contribution is -2.26. The molecule has 0 aliphatic rings. The summed E-state index contributed by atoms with van der Waals surface area (Å²) in [4.78, 5) is 1.96. The molecule has 0 fully saturated rings. The Morgan fingerprint density at radius 2 is 1.89 bits per heavy atom. The first-order valence-electron chi connectivity index (χ1n) is 5.66. The molecule has 0 aliphatic heterocycles. The van der Waals surface area contributed by atoms with E-state index >= 15 is 0 Å². The molecule has 0 saturated heterocycles. The van der Waals surface area contributed by atoms with E-state index in [0.717, 1.165) is 9.75 Å². The summed E-state index contributed by atoms with van der Waals surface area (Å²) >= 11 is 7.18. The van der Waals surface area contributed by atoms with Gasteiger partial charge in [-0.1, -0.05) is 18.2 Å². The molecular formula is C13H14ClNO2S2. The van der Waals surface area contributed by atoms with Crippen molar-refractivity contribution in [1.82, 2.24) is 0 Å². The minimum atomic E-state index is -3.53. The highest BCUT2D eigenvalue weighted by Crippen LogP contribution is 2.30. The molecule has 0 amide bonds. The van der Waals surface area contributed by atoms with Crippen molar-refractivity contribution in [3.05, 3.63) is 46.2 Å². The number of nitrogens with zero attached hydrogens (tertiary/aromatic N) is 1. The molecule has 0 saturated carbocycles. The fourth-order valence-corrected chi connectivity index (χ4v) is 4.66. The molecule has 2 rings (SSSR count). The van der Waals surface area contributed by atoms with Gasteiger partial charge >= 0.3 is 0 Å². The Hall–Kier alpha value is -1.04. The van der Waals surface area contributed by atoms with Crippen LogP contribution in [-0.4, -0.2) is 15.5 Å². The van der Waals surface area contributed by atoms with E-state index in [1.54, 1.807) is 32.2 Å². The van der Waals surface area contributed by atoms with Gasteiger partial charge in [-0.25, -0.2) is 8.42 Å². The summed E-state index contributed by atoms with van der Waals surface area (Å²) in [5.74, 6) is 0.329. The maximum atomic E-state index is 12.6. The summed E-state index contributed by atoms with van der Waals surface area (Å²) in [5.41, 5.74) is 0.639. The minimum Gasteiger partial charge on any atom is -0.269 e. The Balaban J connectivity index is 2.45. The van der Waals surface area contributed by atoms with E-state index in [9.17, 15) is 8.42 Å². The first kappa shape index (κ1) is 14.4. The number of sulfonamides is 1. The molecule has 1 aromatic heterocycles. The van der Waals surface area contributed by atoms with Gasteiger partial charge in [0.25, 0.3) is 10.0 Å². The normalized spacial score (nSPS) is 11.5. The lowest BCUT2D eigenvalue weighted by Gasteiger charge is -2.19. The first-order chi connectivity index (χ1) is 8.96. The Kier molecular flexibility index (Phi) is 4.18. The molecule has 1 aromatic carbocycles. The van der Waals surface area contributed by atoms with Crippen LogP contribution in [0.2, 0.25) is 0 Å². The highest BCUT2D eigenvalue weighted by Gasteiger charge is 2.25. The summed E-state index contributed by atoms with van der Waals surface area (Å²) in [5, 5.41) is 0. The molecule has 0 aliphatic carbocycles. The lowest BCUT2D eigenvalue weighted by molar-refractivity contribution is 0.594. The number of aryl methyl sites for hydroxylation is 1. The summed E-state index contributed by atoms with van der Waals surface area (Å²) in [6.07, 6.45) is 0. The molecule has 3 nitrogen and oxygen atoms in total. The maximum Gasteiger partial charge on any atom is 0.265 e. The van der Waals surface area contributed by atoms with E-state index in [1.165, 1.54) is 15.6 Å². The van der Waals surface area contributed by atoms with Gasteiger partial charge in [-0.2, -0.15) is 0 Å². The third-order valence-electron chi connectivity index (χ3n) is 2.81. The number of benzene rings is 1. The summed E-state index contributed by atoms with van der Waals surface area (Å²) in [7, 11) is -1.97. The van der Waals surface area contributed by atoms with Crippen LogP contribution in [0.3, 0.4) is 0 Å². The zero-order chi connectivity index (χ0) is 14.0. The van der Waals surface area contributed by atoms with Crippen LogP contribution in [0.1, 0.15) is 9.75 Å². The van der Waals surface area contributed by atoms with E-state index in [4.69, 9.17) is 11.6 Å². The van der Waals surface area contributed by atoms with Crippen LogP contribution in [0.25, 0.3) is 0 Å². The second-order valence-corrected chi connectivity index (χ2v) is 7.62. The van der Waals surface area contributed by atoms with Crippen molar-refractivity contribution < 1.29 is 8.42 Å². The molecule has 1 heterocycles. The molecule has 0 radical (unpaired) electrons. The number of hydrogen-bond acceptors (Lipinski definition) is 3. The van der Waals surface area contributed by atoms with Crippen molar-refractivity contribution in [3.63, 3.8) is 0 Å². The smallest absolute Gasteiger partial charge is 0.265 e. The predicted octanol–water partition coefficient (Wildman–Crippen LogP) is 3.62. The number of para-hydroxylation sites is 1. The van der Waals surface area contributed by atoms with Crippen molar-refractivity contribution in [1.29, 1.82) is 0 Å². The standard InChI is InChI=1S/C13H14ClNO2S2/c1-10-13(8-12(9-14)18-10)19(16,17)15(2)11-6-4-3-5-7-11/h3-8H,9H2,1-2H3. The van der Waals surface area contributed by atoms with Gasteiger partial charge in [0.15, 0.2) is 0 Å². The van der Waals surface area contributed by atoms with Crippen molar-refractivity contribution in [3.8, 4) is 0 Å². The van der Waals surface area contributed by atoms with Gasteiger partial charge in [-0.05, 0) is 25.1 Å². The molecule has 0 atom stereocenters. The SMILES string of the molecule is Cc1sc(CCl)cc1S(=O)(=O)N(C)c1ccccc1. The number of thiophene rings is 1. The molecule has 2 aromatic rings. The number of hydrogen-bond donors (Lipinski definition) is 0. The van der Waals surface area contributed by atoms with Gasteiger partial charge in [0.1, 0.15) is 4.90 Å². The third-order valence-corrected chi connectivity index (χ3v) is 6.35. The van der Waals surface area contributed by atoms with Crippen molar-refractivity contribution in [2.75, 3.05) is 11.4 Å². The molecule has 0 N–H and O–H groups in total. The molecule has 0 bridgehead atoms. The Morgan fingerprint density at radius 3 is 2.42 bits per heavy atom. The van der Waals surface area contributed by atoms with E-state index in [-0.39, 0.29) is 0 Å². The van der Waals surface area contributed by atoms with Gasteiger partial charge in [0, 0.05) is 16.8 Å². The second kappa shape index (κ2) is 5.53. The second-order valence-electron chi connectivity index (χ2n) is 4.07. The summed E-state index contributed by atoms with van der Waals surface area (Å²) < 4.78 is 26.4. The minimum absolute atomic E-state index is 0.329. The first-order valence-corrected chi connectivity index (χ1v) is 8.45. The quantitative estimate of drug-likeness (QED) is 0.808. The summed E-state index contributed by atoms with van der Waals surface area (Å²) in [6.45, 7) is 1.80. The average Bonchev–Trinajstić information content (AvgIpc) is 2.81. The van der Waals surface area contributed by atoms with E-state index < -0.39 is 10.0 Å². The van der Waals surface area contributed by atoms with Gasteiger partial charge in [0.2, 0.25) is 0 Å². The highest BCUT2D eigenvalue weighted by atomic mass is 35.5. The van der Waals surface area contributed by atoms with Gasteiger partial charge < -0.3 is 0 Å². The zero-order valence-corrected chi connectivity index (χ0v) is 13.0. The van der Waals surface area contributed by atoms with Crippen LogP contribution in [0.5, 0.6) is 0 Å². The molecule has 6 heteroatoms. The van der Waals surface area contributed by atoms with Gasteiger partial charge in [0.05, 0.1) is 11.6 Å². The van der Waals surface area contributed by atoms with E-state index in [0.29, 0.717) is 16.5 Å². The van der Waals surface area contributed by atoms with Gasteiger partial charge in [-0.3, -0.25) is 4.31 Å². The maximum absolute atomic E-state index is 12.6. The fraction of sp³-hybridized carbons (Fsp3) is 0.231. The van der Waals surface area contributed by atoms with Crippen molar-refractivity contribution in [2.24, 2.45) is 0 Å².